The third-order valence-corrected chi connectivity index (χ3v) is 0.889. The van der Waals surface area contributed by atoms with Crippen molar-refractivity contribution in [2.45, 2.75) is 13.8 Å². The minimum Gasteiger partial charge on any atom is -0.515 e. The molecule has 0 radical (unpaired) electrons. The van der Waals surface area contributed by atoms with Crippen molar-refractivity contribution < 1.29 is 9.90 Å². The molecule has 0 fully saturated rings. The highest BCUT2D eigenvalue weighted by Crippen LogP contribution is 1.87. The van der Waals surface area contributed by atoms with Crippen LogP contribution in [0.1, 0.15) is 13.8 Å². The van der Waals surface area contributed by atoms with E-state index in [4.69, 9.17) is 5.11 Å². The van der Waals surface area contributed by atoms with E-state index in [2.05, 4.69) is 5.32 Å². The standard InChI is InChI=1S/C6H11NO2/c1-3-7-6(9)5(2)4-8/h4,8H,3H2,1-2H3,(H,7,9)/b5-4+. The molecule has 0 atom stereocenters. The molecule has 0 aliphatic carbocycles. The molecule has 0 unspecified atom stereocenters. The molecule has 0 bridgehead atoms. The smallest absolute Gasteiger partial charge is 0.249 e. The Morgan fingerprint density at radius 1 is 1.78 bits per heavy atom. The summed E-state index contributed by atoms with van der Waals surface area (Å²) in [5, 5.41) is 10.8. The first-order valence-electron chi connectivity index (χ1n) is 2.81. The Kier molecular flexibility index (Phi) is 3.51. The minimum atomic E-state index is -0.222. The SMILES string of the molecule is CCNC(=O)/C(C)=C/O. The number of likely N-dealkylation sites (N-methyl/N-ethyl adjacent to an activating group) is 1. The summed E-state index contributed by atoms with van der Waals surface area (Å²) in [6.45, 7) is 3.96. The number of hydrogen-bond donors (Lipinski definition) is 2. The van der Waals surface area contributed by atoms with Gasteiger partial charge in [-0.3, -0.25) is 4.79 Å². The summed E-state index contributed by atoms with van der Waals surface area (Å²) < 4.78 is 0. The van der Waals surface area contributed by atoms with Gasteiger partial charge in [0.1, 0.15) is 0 Å². The van der Waals surface area contributed by atoms with Crippen LogP contribution in [-0.4, -0.2) is 17.6 Å². The quantitative estimate of drug-likeness (QED) is 0.423. The minimum absolute atomic E-state index is 0.222. The van der Waals surface area contributed by atoms with E-state index in [9.17, 15) is 4.79 Å². The Balaban J connectivity index is 3.74. The van der Waals surface area contributed by atoms with Gasteiger partial charge in [-0.2, -0.15) is 0 Å². The molecule has 0 aliphatic rings. The van der Waals surface area contributed by atoms with E-state index < -0.39 is 0 Å². The summed E-state index contributed by atoms with van der Waals surface area (Å²) in [7, 11) is 0. The van der Waals surface area contributed by atoms with Gasteiger partial charge in [0.05, 0.1) is 6.26 Å². The van der Waals surface area contributed by atoms with Crippen LogP contribution in [0, 0.1) is 0 Å². The van der Waals surface area contributed by atoms with Gasteiger partial charge < -0.3 is 10.4 Å². The summed E-state index contributed by atoms with van der Waals surface area (Å²) in [5.41, 5.74) is 0.330. The van der Waals surface area contributed by atoms with Crippen molar-refractivity contribution in [3.05, 3.63) is 11.8 Å². The molecule has 9 heavy (non-hydrogen) atoms. The predicted molar refractivity (Wildman–Crippen MR) is 35.1 cm³/mol. The van der Waals surface area contributed by atoms with Crippen LogP contribution in [0.3, 0.4) is 0 Å². The molecule has 3 nitrogen and oxygen atoms in total. The zero-order chi connectivity index (χ0) is 7.28. The first-order chi connectivity index (χ1) is 4.22. The number of rotatable bonds is 2. The summed E-state index contributed by atoms with van der Waals surface area (Å²) in [6.07, 6.45) is 0.797. The number of carbonyl (C=O) groups is 1. The highest BCUT2D eigenvalue weighted by atomic mass is 16.2. The van der Waals surface area contributed by atoms with Gasteiger partial charge in [0, 0.05) is 12.1 Å². The largest absolute Gasteiger partial charge is 0.515 e. The molecule has 2 N–H and O–H groups in total. The van der Waals surface area contributed by atoms with Crippen molar-refractivity contribution in [3.8, 4) is 0 Å². The third kappa shape index (κ3) is 2.74. The number of amides is 1. The van der Waals surface area contributed by atoms with Gasteiger partial charge in [0.2, 0.25) is 5.91 Å². The second-order valence-electron chi connectivity index (χ2n) is 1.67. The Morgan fingerprint density at radius 3 is 2.67 bits per heavy atom. The second-order valence-corrected chi connectivity index (χ2v) is 1.67. The van der Waals surface area contributed by atoms with E-state index in [1.165, 1.54) is 0 Å². The average Bonchev–Trinajstić information content (AvgIpc) is 1.87. The molecule has 0 rings (SSSR count). The van der Waals surface area contributed by atoms with Crippen LogP contribution in [0.25, 0.3) is 0 Å². The summed E-state index contributed by atoms with van der Waals surface area (Å²) in [6, 6.07) is 0. The van der Waals surface area contributed by atoms with Crippen molar-refractivity contribution in [2.24, 2.45) is 0 Å². The maximum atomic E-state index is 10.6. The van der Waals surface area contributed by atoms with E-state index in [1.54, 1.807) is 6.92 Å². The van der Waals surface area contributed by atoms with E-state index >= 15 is 0 Å². The van der Waals surface area contributed by atoms with Gasteiger partial charge in [-0.15, -0.1) is 0 Å². The molecule has 1 amide bonds. The van der Waals surface area contributed by atoms with Gasteiger partial charge >= 0.3 is 0 Å². The number of aliphatic hydroxyl groups is 1. The third-order valence-electron chi connectivity index (χ3n) is 0.889. The lowest BCUT2D eigenvalue weighted by Crippen LogP contribution is -2.23. The van der Waals surface area contributed by atoms with Crippen LogP contribution < -0.4 is 5.32 Å². The maximum absolute atomic E-state index is 10.6. The van der Waals surface area contributed by atoms with Crippen molar-refractivity contribution in [1.29, 1.82) is 0 Å². The van der Waals surface area contributed by atoms with Gasteiger partial charge in [-0.25, -0.2) is 0 Å². The first kappa shape index (κ1) is 8.01. The van der Waals surface area contributed by atoms with Crippen LogP contribution >= 0.6 is 0 Å². The van der Waals surface area contributed by atoms with Crippen molar-refractivity contribution in [3.63, 3.8) is 0 Å². The Hall–Kier alpha value is -0.990. The zero-order valence-corrected chi connectivity index (χ0v) is 5.64. The van der Waals surface area contributed by atoms with Gasteiger partial charge in [-0.05, 0) is 13.8 Å². The molecule has 0 saturated heterocycles. The Morgan fingerprint density at radius 2 is 2.33 bits per heavy atom. The first-order valence-corrected chi connectivity index (χ1v) is 2.81. The molecule has 0 saturated carbocycles. The van der Waals surface area contributed by atoms with Crippen LogP contribution in [-0.2, 0) is 4.79 Å². The Labute approximate surface area is 54.4 Å². The average molecular weight is 129 g/mol. The molecule has 0 aromatic carbocycles. The lowest BCUT2D eigenvalue weighted by atomic mass is 10.3. The fourth-order valence-corrected chi connectivity index (χ4v) is 0.359. The summed E-state index contributed by atoms with van der Waals surface area (Å²) >= 11 is 0. The molecule has 0 aromatic rings. The van der Waals surface area contributed by atoms with Crippen LogP contribution in [0.5, 0.6) is 0 Å². The van der Waals surface area contributed by atoms with Crippen molar-refractivity contribution in [1.82, 2.24) is 5.32 Å². The predicted octanol–water partition coefficient (Wildman–Crippen LogP) is 0.584. The Bertz CT molecular complexity index is 129. The summed E-state index contributed by atoms with van der Waals surface area (Å²) in [5.74, 6) is -0.222. The van der Waals surface area contributed by atoms with E-state index in [0.29, 0.717) is 12.1 Å². The van der Waals surface area contributed by atoms with Gasteiger partial charge in [0.15, 0.2) is 0 Å². The lowest BCUT2D eigenvalue weighted by molar-refractivity contribution is -0.117. The second kappa shape index (κ2) is 3.95. The van der Waals surface area contributed by atoms with Crippen LogP contribution in [0.15, 0.2) is 11.8 Å². The van der Waals surface area contributed by atoms with Crippen LogP contribution in [0.2, 0.25) is 0 Å². The maximum Gasteiger partial charge on any atom is 0.249 e. The number of carbonyl (C=O) groups excluding carboxylic acids is 1. The zero-order valence-electron chi connectivity index (χ0n) is 5.64. The van der Waals surface area contributed by atoms with Crippen molar-refractivity contribution >= 4 is 5.91 Å². The molecule has 0 aliphatic heterocycles. The molecule has 3 heteroatoms. The monoisotopic (exact) mass is 129 g/mol. The normalized spacial score (nSPS) is 11.1. The van der Waals surface area contributed by atoms with E-state index in [0.717, 1.165) is 6.26 Å². The molecule has 0 heterocycles. The van der Waals surface area contributed by atoms with E-state index in [1.807, 2.05) is 6.92 Å². The topological polar surface area (TPSA) is 49.3 Å². The fraction of sp³-hybridized carbons (Fsp3) is 0.500. The van der Waals surface area contributed by atoms with Crippen LogP contribution in [0.4, 0.5) is 0 Å². The molecule has 0 aromatic heterocycles. The van der Waals surface area contributed by atoms with Gasteiger partial charge in [0.25, 0.3) is 0 Å². The summed E-state index contributed by atoms with van der Waals surface area (Å²) in [4.78, 5) is 10.6. The number of nitrogens with one attached hydrogen (secondary N) is 1. The number of aliphatic hydroxyl groups excluding tert-OH is 1. The molecular weight excluding hydrogens is 118 g/mol. The molecular formula is C6H11NO2. The molecule has 0 spiro atoms. The highest BCUT2D eigenvalue weighted by Gasteiger charge is 1.99. The number of hydrogen-bond acceptors (Lipinski definition) is 2. The fourth-order valence-electron chi connectivity index (χ4n) is 0.359. The van der Waals surface area contributed by atoms with E-state index in [-0.39, 0.29) is 5.91 Å². The lowest BCUT2D eigenvalue weighted by Gasteiger charge is -1.97. The highest BCUT2D eigenvalue weighted by molar-refractivity contribution is 5.92. The van der Waals surface area contributed by atoms with Gasteiger partial charge in [-0.1, -0.05) is 0 Å². The molecule has 52 valence electrons. The van der Waals surface area contributed by atoms with Crippen molar-refractivity contribution in [2.75, 3.05) is 6.54 Å².